The Kier molecular flexibility index (Phi) is 4.74. The van der Waals surface area contributed by atoms with Gasteiger partial charge in [-0.3, -0.25) is 4.79 Å². The van der Waals surface area contributed by atoms with Crippen LogP contribution in [0.5, 0.6) is 0 Å². The summed E-state index contributed by atoms with van der Waals surface area (Å²) in [5.41, 5.74) is 0.253. The molecule has 1 aliphatic rings. The molecule has 1 N–H and O–H groups in total. The number of thioether (sulfide) groups is 1. The zero-order chi connectivity index (χ0) is 18.2. The topological polar surface area (TPSA) is 73.2 Å². The highest BCUT2D eigenvalue weighted by molar-refractivity contribution is 7.99. The molecule has 0 atom stereocenters. The molecule has 6 nitrogen and oxygen atoms in total. The first-order valence-electron chi connectivity index (χ1n) is 7.40. The summed E-state index contributed by atoms with van der Waals surface area (Å²) in [6.45, 7) is 3.28. The third kappa shape index (κ3) is 3.64. The molecule has 0 saturated carbocycles. The van der Waals surface area contributed by atoms with Crippen molar-refractivity contribution < 1.29 is 22.8 Å². The van der Waals surface area contributed by atoms with Crippen molar-refractivity contribution in [1.82, 2.24) is 15.0 Å². The minimum Gasteiger partial charge on any atom is -0.323 e. The van der Waals surface area contributed by atoms with Crippen molar-refractivity contribution in [3.05, 3.63) is 39.9 Å². The Labute approximate surface area is 144 Å². The summed E-state index contributed by atoms with van der Waals surface area (Å²) in [6, 6.07) is 4.76. The number of para-hydroxylation sites is 1. The number of halogens is 3. The molecule has 25 heavy (non-hydrogen) atoms. The van der Waals surface area contributed by atoms with Gasteiger partial charge < -0.3 is 10.2 Å². The van der Waals surface area contributed by atoms with Crippen molar-refractivity contribution in [2.24, 2.45) is 0 Å². The molecule has 134 valence electrons. The van der Waals surface area contributed by atoms with E-state index in [0.717, 1.165) is 13.1 Å². The second kappa shape index (κ2) is 6.68. The van der Waals surface area contributed by atoms with E-state index in [2.05, 4.69) is 15.1 Å². The normalized spacial score (nSPS) is 15.2. The van der Waals surface area contributed by atoms with Gasteiger partial charge >= 0.3 is 12.1 Å². The zero-order valence-corrected chi connectivity index (χ0v) is 13.9. The number of benzene rings is 1. The van der Waals surface area contributed by atoms with Crippen LogP contribution < -0.4 is 15.7 Å². The fraction of sp³-hybridized carbons (Fsp3) is 0.400. The average molecular weight is 373 g/mol. The van der Waals surface area contributed by atoms with Crippen LogP contribution in [-0.4, -0.2) is 40.2 Å². The molecule has 1 saturated heterocycles. The molecule has 1 aliphatic heterocycles. The van der Waals surface area contributed by atoms with Gasteiger partial charge in [0.1, 0.15) is 0 Å². The Morgan fingerprint density at radius 3 is 2.76 bits per heavy atom. The molecular weight excluding hydrogens is 359 g/mol. The highest BCUT2D eigenvalue weighted by atomic mass is 32.2. The Balaban J connectivity index is 2.05. The first kappa shape index (κ1) is 17.7. The lowest BCUT2D eigenvalue weighted by molar-refractivity contribution is -0.200. The van der Waals surface area contributed by atoms with E-state index in [4.69, 9.17) is 0 Å². The molecule has 3 rings (SSSR count). The second-order valence-corrected chi connectivity index (χ2v) is 6.86. The summed E-state index contributed by atoms with van der Waals surface area (Å²) in [5, 5.41) is 3.44. The second-order valence-electron chi connectivity index (χ2n) is 5.57. The summed E-state index contributed by atoms with van der Waals surface area (Å²) in [4.78, 5) is 32.3. The van der Waals surface area contributed by atoms with E-state index >= 15 is 0 Å². The van der Waals surface area contributed by atoms with Crippen molar-refractivity contribution in [3.8, 4) is 0 Å². The smallest absolute Gasteiger partial charge is 0.323 e. The Morgan fingerprint density at radius 1 is 1.44 bits per heavy atom. The number of fused-ring (bicyclic) bond motifs is 1. The van der Waals surface area contributed by atoms with E-state index in [1.165, 1.54) is 17.8 Å². The average Bonchev–Trinajstić information content (AvgIpc) is 2.49. The number of hydrogen-bond acceptors (Lipinski definition) is 6. The number of hydrogen-bond donors (Lipinski definition) is 1. The SMILES string of the molecule is Cc1cccc2c(=O)n(OC(=O)C(F)(F)F)c(CSC3CNC3)nc12. The van der Waals surface area contributed by atoms with Crippen molar-refractivity contribution in [3.63, 3.8) is 0 Å². The van der Waals surface area contributed by atoms with Gasteiger partial charge in [0.25, 0.3) is 5.56 Å². The lowest BCUT2D eigenvalue weighted by atomic mass is 10.1. The van der Waals surface area contributed by atoms with Gasteiger partial charge in [-0.1, -0.05) is 12.1 Å². The molecule has 0 radical (unpaired) electrons. The van der Waals surface area contributed by atoms with Crippen molar-refractivity contribution in [1.29, 1.82) is 0 Å². The lowest BCUT2D eigenvalue weighted by Gasteiger charge is -2.26. The number of carbonyl (C=O) groups excluding carboxylic acids is 1. The zero-order valence-electron chi connectivity index (χ0n) is 13.1. The molecular formula is C15H14F3N3O3S. The highest BCUT2D eigenvalue weighted by Gasteiger charge is 2.42. The predicted molar refractivity (Wildman–Crippen MR) is 86.3 cm³/mol. The van der Waals surface area contributed by atoms with Gasteiger partial charge in [-0.2, -0.15) is 13.2 Å². The van der Waals surface area contributed by atoms with Crippen LogP contribution >= 0.6 is 11.8 Å². The molecule has 0 amide bonds. The van der Waals surface area contributed by atoms with Gasteiger partial charge in [-0.05, 0) is 18.6 Å². The molecule has 0 bridgehead atoms. The number of alkyl halides is 3. The molecule has 0 aliphatic carbocycles. The van der Waals surface area contributed by atoms with Crippen LogP contribution in [0.2, 0.25) is 0 Å². The van der Waals surface area contributed by atoms with Crippen molar-refractivity contribution in [2.75, 3.05) is 13.1 Å². The van der Waals surface area contributed by atoms with Crippen LogP contribution in [0.15, 0.2) is 23.0 Å². The third-order valence-corrected chi connectivity index (χ3v) is 4.96. The molecule has 1 aromatic carbocycles. The van der Waals surface area contributed by atoms with E-state index in [9.17, 15) is 22.8 Å². The van der Waals surface area contributed by atoms with E-state index in [0.29, 0.717) is 15.8 Å². The van der Waals surface area contributed by atoms with Crippen LogP contribution in [-0.2, 0) is 10.5 Å². The molecule has 0 unspecified atom stereocenters. The number of nitrogens with one attached hydrogen (secondary N) is 1. The van der Waals surface area contributed by atoms with E-state index in [1.807, 2.05) is 0 Å². The Hall–Kier alpha value is -2.07. The number of carbonyl (C=O) groups is 1. The lowest BCUT2D eigenvalue weighted by Crippen LogP contribution is -2.45. The van der Waals surface area contributed by atoms with Crippen LogP contribution in [0.4, 0.5) is 13.2 Å². The number of aromatic nitrogens is 2. The molecule has 1 aromatic heterocycles. The standard InChI is InChI=1S/C15H14F3N3O3S/c1-8-3-2-4-10-12(8)20-11(7-25-9-5-19-6-9)21(13(10)22)24-14(23)15(16,17)18/h2-4,9,19H,5-7H2,1H3. The van der Waals surface area contributed by atoms with Gasteiger partial charge in [-0.25, -0.2) is 9.78 Å². The van der Waals surface area contributed by atoms with Gasteiger partial charge in [0.2, 0.25) is 0 Å². The number of rotatable bonds is 4. The molecule has 2 aromatic rings. The summed E-state index contributed by atoms with van der Waals surface area (Å²) >= 11 is 1.43. The van der Waals surface area contributed by atoms with E-state index in [1.54, 1.807) is 19.1 Å². The van der Waals surface area contributed by atoms with Crippen molar-refractivity contribution in [2.45, 2.75) is 24.1 Å². The number of aryl methyl sites for hydroxylation is 1. The van der Waals surface area contributed by atoms with Gasteiger partial charge in [0.05, 0.1) is 16.7 Å². The maximum absolute atomic E-state index is 12.5. The van der Waals surface area contributed by atoms with E-state index < -0.39 is 17.7 Å². The highest BCUT2D eigenvalue weighted by Crippen LogP contribution is 2.22. The molecule has 2 heterocycles. The Bertz CT molecular complexity index is 878. The third-order valence-electron chi connectivity index (χ3n) is 3.73. The minimum absolute atomic E-state index is 0.0266. The molecule has 1 fully saturated rings. The predicted octanol–water partition coefficient (Wildman–Crippen LogP) is 1.43. The summed E-state index contributed by atoms with van der Waals surface area (Å²) in [5.74, 6) is -2.34. The number of nitrogens with zero attached hydrogens (tertiary/aromatic N) is 2. The summed E-state index contributed by atoms with van der Waals surface area (Å²) in [6.07, 6.45) is -5.21. The van der Waals surface area contributed by atoms with Crippen LogP contribution in [0, 0.1) is 6.92 Å². The Morgan fingerprint density at radius 2 is 2.16 bits per heavy atom. The first-order chi connectivity index (χ1) is 11.8. The van der Waals surface area contributed by atoms with Crippen LogP contribution in [0.25, 0.3) is 10.9 Å². The van der Waals surface area contributed by atoms with Crippen LogP contribution in [0.3, 0.4) is 0 Å². The van der Waals surface area contributed by atoms with Gasteiger partial charge in [0.15, 0.2) is 5.82 Å². The molecule has 0 spiro atoms. The van der Waals surface area contributed by atoms with E-state index in [-0.39, 0.29) is 22.2 Å². The maximum atomic E-state index is 12.5. The first-order valence-corrected chi connectivity index (χ1v) is 8.45. The molecule has 10 heteroatoms. The van der Waals surface area contributed by atoms with Gasteiger partial charge in [0, 0.05) is 18.3 Å². The fourth-order valence-electron chi connectivity index (χ4n) is 2.27. The van der Waals surface area contributed by atoms with Crippen molar-refractivity contribution >= 4 is 28.6 Å². The largest absolute Gasteiger partial charge is 0.493 e. The summed E-state index contributed by atoms with van der Waals surface area (Å²) in [7, 11) is 0. The minimum atomic E-state index is -5.21. The maximum Gasteiger partial charge on any atom is 0.493 e. The monoisotopic (exact) mass is 373 g/mol. The quantitative estimate of drug-likeness (QED) is 0.874. The summed E-state index contributed by atoms with van der Waals surface area (Å²) < 4.78 is 37.9. The van der Waals surface area contributed by atoms with Crippen LogP contribution in [0.1, 0.15) is 11.4 Å². The fourth-order valence-corrected chi connectivity index (χ4v) is 3.31. The van der Waals surface area contributed by atoms with Gasteiger partial charge in [-0.15, -0.1) is 16.5 Å².